The molecule has 0 spiro atoms. The second-order valence-corrected chi connectivity index (χ2v) is 5.72. The van der Waals surface area contributed by atoms with E-state index in [-0.39, 0.29) is 10.7 Å². The smallest absolute Gasteiger partial charge is 0.278 e. The van der Waals surface area contributed by atoms with Crippen molar-refractivity contribution in [2.75, 3.05) is 0 Å². The molecule has 4 rings (SSSR count). The highest BCUT2D eigenvalue weighted by molar-refractivity contribution is 6.35. The van der Waals surface area contributed by atoms with Crippen LogP contribution in [0.3, 0.4) is 0 Å². The number of nitrogens with zero attached hydrogens (tertiary/aromatic N) is 2. The number of aromatic nitrogens is 2. The quantitative estimate of drug-likeness (QED) is 0.408. The number of halogens is 2. The van der Waals surface area contributed by atoms with Crippen molar-refractivity contribution in [2.45, 2.75) is 0 Å². The molecule has 118 valence electrons. The minimum absolute atomic E-state index is 0.000402. The third kappa shape index (κ3) is 2.19. The van der Waals surface area contributed by atoms with Gasteiger partial charge in [0.05, 0.1) is 32.1 Å². The van der Waals surface area contributed by atoms with Crippen LogP contribution in [0, 0.1) is 15.9 Å². The van der Waals surface area contributed by atoms with E-state index in [0.717, 1.165) is 0 Å². The van der Waals surface area contributed by atoms with Crippen molar-refractivity contribution in [3.8, 4) is 11.3 Å². The summed E-state index contributed by atoms with van der Waals surface area (Å²) >= 11 is 6.05. The van der Waals surface area contributed by atoms with Gasteiger partial charge >= 0.3 is 0 Å². The molecule has 5 nitrogen and oxygen atoms in total. The maximum atomic E-state index is 13.7. The van der Waals surface area contributed by atoms with Crippen molar-refractivity contribution >= 4 is 39.1 Å². The lowest BCUT2D eigenvalue weighted by Gasteiger charge is -2.03. The highest BCUT2D eigenvalue weighted by Crippen LogP contribution is 2.34. The number of non-ortho nitro benzene ring substituents is 1. The predicted molar refractivity (Wildman–Crippen MR) is 90.7 cm³/mol. The Labute approximate surface area is 139 Å². The number of nitrogens with one attached hydrogen (secondary N) is 1. The molecule has 4 aromatic rings. The van der Waals surface area contributed by atoms with Crippen LogP contribution in [0.5, 0.6) is 0 Å². The van der Waals surface area contributed by atoms with Crippen LogP contribution in [0.1, 0.15) is 0 Å². The van der Waals surface area contributed by atoms with Gasteiger partial charge in [-0.05, 0) is 30.3 Å². The molecular formula is C17H9ClFN3O2. The van der Waals surface area contributed by atoms with Crippen molar-refractivity contribution in [1.29, 1.82) is 0 Å². The summed E-state index contributed by atoms with van der Waals surface area (Å²) in [5.74, 6) is -0.440. The Morgan fingerprint density at radius 1 is 1.17 bits per heavy atom. The number of hydrogen-bond acceptors (Lipinski definition) is 3. The van der Waals surface area contributed by atoms with E-state index in [4.69, 9.17) is 11.6 Å². The Morgan fingerprint density at radius 2 is 2.00 bits per heavy atom. The van der Waals surface area contributed by atoms with E-state index < -0.39 is 10.7 Å². The summed E-state index contributed by atoms with van der Waals surface area (Å²) in [7, 11) is 0. The molecule has 0 bridgehead atoms. The SMILES string of the molecule is O=[N+]([O-])c1cccc2nc(-c3c[nH]c4c(Cl)cc(F)cc34)ccc12. The van der Waals surface area contributed by atoms with E-state index in [0.29, 0.717) is 33.1 Å². The molecule has 1 N–H and O–H groups in total. The summed E-state index contributed by atoms with van der Waals surface area (Å²) in [6.45, 7) is 0. The van der Waals surface area contributed by atoms with Gasteiger partial charge in [0, 0.05) is 23.2 Å². The molecule has 2 aromatic heterocycles. The van der Waals surface area contributed by atoms with Gasteiger partial charge in [-0.1, -0.05) is 17.7 Å². The van der Waals surface area contributed by atoms with E-state index in [1.165, 1.54) is 18.2 Å². The number of aromatic amines is 1. The lowest BCUT2D eigenvalue weighted by atomic mass is 10.1. The summed E-state index contributed by atoms with van der Waals surface area (Å²) in [5, 5.41) is 12.4. The van der Waals surface area contributed by atoms with Gasteiger partial charge < -0.3 is 4.98 Å². The van der Waals surface area contributed by atoms with Crippen LogP contribution < -0.4 is 0 Å². The fourth-order valence-electron chi connectivity index (χ4n) is 2.81. The normalized spacial score (nSPS) is 11.2. The molecule has 7 heteroatoms. The minimum Gasteiger partial charge on any atom is -0.359 e. The number of nitro benzene ring substituents is 1. The Hall–Kier alpha value is -2.99. The Kier molecular flexibility index (Phi) is 3.21. The van der Waals surface area contributed by atoms with Crippen molar-refractivity contribution in [2.24, 2.45) is 0 Å². The van der Waals surface area contributed by atoms with E-state index >= 15 is 0 Å². The molecule has 2 aromatic carbocycles. The zero-order valence-electron chi connectivity index (χ0n) is 12.1. The van der Waals surface area contributed by atoms with E-state index in [9.17, 15) is 14.5 Å². The molecule has 0 aliphatic heterocycles. The van der Waals surface area contributed by atoms with Gasteiger partial charge in [0.1, 0.15) is 5.82 Å². The summed E-state index contributed by atoms with van der Waals surface area (Å²) in [6.07, 6.45) is 1.70. The molecular weight excluding hydrogens is 333 g/mol. The van der Waals surface area contributed by atoms with E-state index in [2.05, 4.69) is 9.97 Å². The third-order valence-electron chi connectivity index (χ3n) is 3.89. The monoisotopic (exact) mass is 341 g/mol. The first kappa shape index (κ1) is 14.6. The Balaban J connectivity index is 1.96. The molecule has 0 atom stereocenters. The van der Waals surface area contributed by atoms with Crippen molar-refractivity contribution < 1.29 is 9.31 Å². The maximum Gasteiger partial charge on any atom is 0.278 e. The number of hydrogen-bond donors (Lipinski definition) is 1. The molecule has 0 amide bonds. The Morgan fingerprint density at radius 3 is 2.79 bits per heavy atom. The summed E-state index contributed by atoms with van der Waals surface area (Å²) < 4.78 is 13.7. The van der Waals surface area contributed by atoms with Crippen LogP contribution in [-0.2, 0) is 0 Å². The van der Waals surface area contributed by atoms with Crippen LogP contribution in [0.25, 0.3) is 33.1 Å². The topological polar surface area (TPSA) is 71.8 Å². The Bertz CT molecular complexity index is 1120. The number of nitro groups is 1. The second kappa shape index (κ2) is 5.28. The van der Waals surface area contributed by atoms with Crippen LogP contribution in [0.15, 0.2) is 48.7 Å². The molecule has 24 heavy (non-hydrogen) atoms. The van der Waals surface area contributed by atoms with Crippen LogP contribution >= 0.6 is 11.6 Å². The molecule has 0 aliphatic rings. The number of fused-ring (bicyclic) bond motifs is 2. The molecule has 0 radical (unpaired) electrons. The first-order chi connectivity index (χ1) is 11.5. The number of benzene rings is 2. The lowest BCUT2D eigenvalue weighted by Crippen LogP contribution is -1.91. The first-order valence-corrected chi connectivity index (χ1v) is 7.43. The van der Waals surface area contributed by atoms with Gasteiger partial charge in [-0.15, -0.1) is 0 Å². The maximum absolute atomic E-state index is 13.7. The average molecular weight is 342 g/mol. The number of rotatable bonds is 2. The molecule has 0 saturated carbocycles. The number of H-pyrrole nitrogens is 1. The predicted octanol–water partition coefficient (Wildman–Crippen LogP) is 5.08. The van der Waals surface area contributed by atoms with Crippen LogP contribution in [0.4, 0.5) is 10.1 Å². The fourth-order valence-corrected chi connectivity index (χ4v) is 3.08. The van der Waals surface area contributed by atoms with Gasteiger partial charge in [-0.3, -0.25) is 10.1 Å². The highest BCUT2D eigenvalue weighted by atomic mass is 35.5. The summed E-state index contributed by atoms with van der Waals surface area (Å²) in [4.78, 5) is 18.1. The van der Waals surface area contributed by atoms with Gasteiger partial charge in [0.2, 0.25) is 0 Å². The first-order valence-electron chi connectivity index (χ1n) is 7.05. The minimum atomic E-state index is -0.440. The zero-order chi connectivity index (χ0) is 16.8. The van der Waals surface area contributed by atoms with E-state index in [1.807, 2.05) is 0 Å². The van der Waals surface area contributed by atoms with Crippen LogP contribution in [-0.4, -0.2) is 14.9 Å². The summed E-state index contributed by atoms with van der Waals surface area (Å²) in [5.41, 5.74) is 2.38. The molecule has 0 saturated heterocycles. The van der Waals surface area contributed by atoms with Crippen LogP contribution in [0.2, 0.25) is 5.02 Å². The van der Waals surface area contributed by atoms with Gasteiger partial charge in [0.25, 0.3) is 5.69 Å². The molecule has 2 heterocycles. The van der Waals surface area contributed by atoms with Gasteiger partial charge in [0.15, 0.2) is 0 Å². The second-order valence-electron chi connectivity index (χ2n) is 5.31. The van der Waals surface area contributed by atoms with Crippen molar-refractivity contribution in [1.82, 2.24) is 9.97 Å². The third-order valence-corrected chi connectivity index (χ3v) is 4.19. The molecule has 0 aliphatic carbocycles. The summed E-state index contributed by atoms with van der Waals surface area (Å²) in [6, 6.07) is 10.7. The molecule has 0 fully saturated rings. The van der Waals surface area contributed by atoms with E-state index in [1.54, 1.807) is 30.5 Å². The standard InChI is InChI=1S/C17H9ClFN3O2/c18-13-7-9(19)6-11-12(8-20-17(11)13)15-5-4-10-14(21-15)2-1-3-16(10)22(23)24/h1-8,20H. The largest absolute Gasteiger partial charge is 0.359 e. The number of pyridine rings is 1. The van der Waals surface area contributed by atoms with Gasteiger partial charge in [-0.25, -0.2) is 9.37 Å². The molecule has 0 unspecified atom stereocenters. The lowest BCUT2D eigenvalue weighted by molar-refractivity contribution is -0.383. The zero-order valence-corrected chi connectivity index (χ0v) is 12.8. The van der Waals surface area contributed by atoms with Gasteiger partial charge in [-0.2, -0.15) is 0 Å². The highest BCUT2D eigenvalue weighted by Gasteiger charge is 2.15. The van der Waals surface area contributed by atoms with Crippen molar-refractivity contribution in [3.05, 3.63) is 69.6 Å². The van der Waals surface area contributed by atoms with Crippen molar-refractivity contribution in [3.63, 3.8) is 0 Å². The fraction of sp³-hybridized carbons (Fsp3) is 0. The average Bonchev–Trinajstić information content (AvgIpc) is 2.97.